The van der Waals surface area contributed by atoms with E-state index in [1.54, 1.807) is 6.08 Å². The molecular formula is C17H25FO2. The maximum absolute atomic E-state index is 14.8. The average molecular weight is 280 g/mol. The molecule has 112 valence electrons. The summed E-state index contributed by atoms with van der Waals surface area (Å²) in [6, 6.07) is 0. The van der Waals surface area contributed by atoms with Gasteiger partial charge in [0.2, 0.25) is 0 Å². The Morgan fingerprint density at radius 2 is 1.80 bits per heavy atom. The molecule has 2 fully saturated rings. The van der Waals surface area contributed by atoms with Gasteiger partial charge in [-0.2, -0.15) is 0 Å². The minimum atomic E-state index is -0.639. The number of ether oxygens (including phenoxy) is 1. The monoisotopic (exact) mass is 280 g/mol. The number of rotatable bonds is 2. The van der Waals surface area contributed by atoms with Gasteiger partial charge in [-0.05, 0) is 56.4 Å². The SMILES string of the molecule is CC(=O)OC12C=C(F)C(C3CCC(C)CC3)(CC1)CC2. The Labute approximate surface area is 120 Å². The summed E-state index contributed by atoms with van der Waals surface area (Å²) in [7, 11) is 0. The highest BCUT2D eigenvalue weighted by atomic mass is 19.1. The maximum atomic E-state index is 14.8. The molecule has 0 unspecified atom stereocenters. The van der Waals surface area contributed by atoms with Crippen molar-refractivity contribution < 1.29 is 13.9 Å². The normalized spacial score (nSPS) is 44.0. The van der Waals surface area contributed by atoms with E-state index in [2.05, 4.69) is 6.92 Å². The highest BCUT2D eigenvalue weighted by Crippen LogP contribution is 2.60. The third kappa shape index (κ3) is 2.19. The molecule has 0 aliphatic heterocycles. The first-order valence-electron chi connectivity index (χ1n) is 8.04. The van der Waals surface area contributed by atoms with Gasteiger partial charge in [0, 0.05) is 12.3 Å². The number of carbonyl (C=O) groups excluding carboxylic acids is 1. The van der Waals surface area contributed by atoms with Crippen LogP contribution >= 0.6 is 0 Å². The Hall–Kier alpha value is -0.860. The molecule has 0 aromatic heterocycles. The number of hydrogen-bond donors (Lipinski definition) is 0. The van der Waals surface area contributed by atoms with E-state index in [9.17, 15) is 9.18 Å². The summed E-state index contributed by atoms with van der Waals surface area (Å²) in [5.41, 5.74) is -0.873. The van der Waals surface area contributed by atoms with Crippen molar-refractivity contribution in [3.8, 4) is 0 Å². The van der Waals surface area contributed by atoms with Crippen molar-refractivity contribution in [1.82, 2.24) is 0 Å². The summed E-state index contributed by atoms with van der Waals surface area (Å²) in [5.74, 6) is 0.998. The fourth-order valence-corrected chi connectivity index (χ4v) is 4.71. The van der Waals surface area contributed by atoms with Gasteiger partial charge in [-0.25, -0.2) is 4.39 Å². The van der Waals surface area contributed by atoms with Crippen molar-refractivity contribution >= 4 is 5.97 Å². The molecule has 2 nitrogen and oxygen atoms in total. The molecule has 3 heteroatoms. The fraction of sp³-hybridized carbons (Fsp3) is 0.824. The molecule has 4 aliphatic carbocycles. The van der Waals surface area contributed by atoms with Crippen LogP contribution in [0.2, 0.25) is 0 Å². The van der Waals surface area contributed by atoms with E-state index in [-0.39, 0.29) is 17.2 Å². The summed E-state index contributed by atoms with van der Waals surface area (Å²) in [4.78, 5) is 11.2. The number of carbonyl (C=O) groups is 1. The lowest BCUT2D eigenvalue weighted by Crippen LogP contribution is -2.49. The van der Waals surface area contributed by atoms with E-state index >= 15 is 0 Å². The number of esters is 1. The highest BCUT2D eigenvalue weighted by molar-refractivity contribution is 5.67. The lowest BCUT2D eigenvalue weighted by molar-refractivity contribution is -0.161. The minimum Gasteiger partial charge on any atom is -0.455 e. The molecule has 0 amide bonds. The molecule has 0 aromatic carbocycles. The van der Waals surface area contributed by atoms with Crippen LogP contribution in [0.1, 0.15) is 65.2 Å². The zero-order valence-corrected chi connectivity index (χ0v) is 12.6. The number of halogens is 1. The van der Waals surface area contributed by atoms with Crippen LogP contribution in [0.5, 0.6) is 0 Å². The summed E-state index contributed by atoms with van der Waals surface area (Å²) >= 11 is 0. The molecule has 0 heterocycles. The molecule has 0 atom stereocenters. The van der Waals surface area contributed by atoms with E-state index < -0.39 is 5.60 Å². The van der Waals surface area contributed by atoms with Gasteiger partial charge in [-0.15, -0.1) is 0 Å². The second-order valence-corrected chi connectivity index (χ2v) is 7.26. The first-order chi connectivity index (χ1) is 9.46. The van der Waals surface area contributed by atoms with Crippen LogP contribution in [-0.2, 0) is 9.53 Å². The summed E-state index contributed by atoms with van der Waals surface area (Å²) in [6.45, 7) is 3.72. The van der Waals surface area contributed by atoms with E-state index in [1.165, 1.54) is 19.8 Å². The van der Waals surface area contributed by atoms with Crippen LogP contribution in [-0.4, -0.2) is 11.6 Å². The van der Waals surface area contributed by atoms with Gasteiger partial charge in [-0.1, -0.05) is 19.8 Å². The molecule has 0 spiro atoms. The average Bonchev–Trinajstić information content (AvgIpc) is 2.39. The van der Waals surface area contributed by atoms with Crippen molar-refractivity contribution in [3.05, 3.63) is 11.9 Å². The second-order valence-electron chi connectivity index (χ2n) is 7.26. The van der Waals surface area contributed by atoms with E-state index in [4.69, 9.17) is 4.74 Å². The lowest BCUT2D eigenvalue weighted by Gasteiger charge is -2.53. The molecular weight excluding hydrogens is 255 g/mol. The summed E-state index contributed by atoms with van der Waals surface area (Å²) < 4.78 is 20.2. The Morgan fingerprint density at radius 1 is 1.20 bits per heavy atom. The molecule has 20 heavy (non-hydrogen) atoms. The molecule has 0 aromatic rings. The summed E-state index contributed by atoms with van der Waals surface area (Å²) in [5, 5.41) is 0. The van der Waals surface area contributed by atoms with Gasteiger partial charge in [0.1, 0.15) is 11.4 Å². The molecule has 0 radical (unpaired) electrons. The van der Waals surface area contributed by atoms with Crippen molar-refractivity contribution in [2.24, 2.45) is 17.3 Å². The standard InChI is InChI=1S/C17H25FO2/c1-12-3-5-14(6-4-12)17-9-7-16(8-10-17,11-15(17)18)20-13(2)19/h11-12,14H,3-10H2,1-2H3. The molecule has 0 N–H and O–H groups in total. The molecule has 4 aliphatic rings. The van der Waals surface area contributed by atoms with Gasteiger partial charge in [0.05, 0.1) is 0 Å². The zero-order valence-electron chi connectivity index (χ0n) is 12.6. The fourth-order valence-electron chi connectivity index (χ4n) is 4.71. The van der Waals surface area contributed by atoms with Gasteiger partial charge in [-0.3, -0.25) is 4.79 Å². The third-order valence-electron chi connectivity index (χ3n) is 6.00. The third-order valence-corrected chi connectivity index (χ3v) is 6.00. The zero-order chi connectivity index (χ0) is 14.4. The van der Waals surface area contributed by atoms with Gasteiger partial charge in [0.15, 0.2) is 0 Å². The second kappa shape index (κ2) is 4.85. The Morgan fingerprint density at radius 3 is 2.30 bits per heavy atom. The van der Waals surface area contributed by atoms with Gasteiger partial charge < -0.3 is 4.74 Å². The van der Waals surface area contributed by atoms with Gasteiger partial charge in [0.25, 0.3) is 0 Å². The van der Waals surface area contributed by atoms with E-state index in [1.807, 2.05) is 0 Å². The van der Waals surface area contributed by atoms with Crippen molar-refractivity contribution in [3.63, 3.8) is 0 Å². The van der Waals surface area contributed by atoms with Crippen LogP contribution < -0.4 is 0 Å². The molecule has 2 saturated carbocycles. The van der Waals surface area contributed by atoms with Gasteiger partial charge >= 0.3 is 5.97 Å². The molecule has 4 rings (SSSR count). The van der Waals surface area contributed by atoms with Crippen LogP contribution in [0.3, 0.4) is 0 Å². The topological polar surface area (TPSA) is 26.3 Å². The number of fused-ring (bicyclic) bond motifs is 2. The van der Waals surface area contributed by atoms with Crippen molar-refractivity contribution in [2.75, 3.05) is 0 Å². The van der Waals surface area contributed by atoms with Crippen molar-refractivity contribution in [2.45, 2.75) is 70.8 Å². The summed E-state index contributed by atoms with van der Waals surface area (Å²) in [6.07, 6.45) is 9.70. The Balaban J connectivity index is 1.82. The van der Waals surface area contributed by atoms with E-state index in [0.29, 0.717) is 5.92 Å². The predicted molar refractivity (Wildman–Crippen MR) is 75.7 cm³/mol. The van der Waals surface area contributed by atoms with Crippen molar-refractivity contribution in [1.29, 1.82) is 0 Å². The Kier molecular flexibility index (Phi) is 3.42. The Bertz CT molecular complexity index is 424. The van der Waals surface area contributed by atoms with Crippen LogP contribution in [0.15, 0.2) is 11.9 Å². The van der Waals surface area contributed by atoms with Crippen LogP contribution in [0.25, 0.3) is 0 Å². The first-order valence-corrected chi connectivity index (χ1v) is 8.04. The largest absolute Gasteiger partial charge is 0.455 e. The first kappa shape index (κ1) is 14.1. The minimum absolute atomic E-state index is 0.0100. The van der Waals surface area contributed by atoms with E-state index in [0.717, 1.165) is 44.4 Å². The molecule has 2 bridgehead atoms. The number of hydrogen-bond acceptors (Lipinski definition) is 2. The number of allylic oxidation sites excluding steroid dienone is 1. The maximum Gasteiger partial charge on any atom is 0.303 e. The smallest absolute Gasteiger partial charge is 0.303 e. The van der Waals surface area contributed by atoms with Crippen LogP contribution in [0, 0.1) is 17.3 Å². The highest BCUT2D eigenvalue weighted by Gasteiger charge is 2.55. The predicted octanol–water partition coefficient (Wildman–Crippen LogP) is 4.54. The van der Waals surface area contributed by atoms with Crippen LogP contribution in [0.4, 0.5) is 4.39 Å². The quantitative estimate of drug-likeness (QED) is 0.694. The lowest BCUT2D eigenvalue weighted by atomic mass is 9.54. The molecule has 0 saturated heterocycles.